The molecule has 1 unspecified atom stereocenters. The SMILES string of the molecule is CCOc1nc(N)nc2c1ncn2[C@@H]1O[C@H](C(C)OC(=O)C(C)C)[C@@H](OC(=O)C(C)C)[C@]1(F)C#CCl. The van der Waals surface area contributed by atoms with Crippen LogP contribution in [0.25, 0.3) is 11.2 Å². The van der Waals surface area contributed by atoms with Crippen LogP contribution in [-0.4, -0.2) is 62.0 Å². The Morgan fingerprint density at radius 3 is 2.50 bits per heavy atom. The molecule has 1 saturated heterocycles. The van der Waals surface area contributed by atoms with Crippen molar-refractivity contribution in [3.05, 3.63) is 6.33 Å². The van der Waals surface area contributed by atoms with Crippen LogP contribution in [0.15, 0.2) is 6.33 Å². The van der Waals surface area contributed by atoms with Crippen LogP contribution in [0.1, 0.15) is 47.8 Å². The van der Waals surface area contributed by atoms with E-state index in [9.17, 15) is 9.59 Å². The largest absolute Gasteiger partial charge is 0.476 e. The molecule has 36 heavy (non-hydrogen) atoms. The fourth-order valence-corrected chi connectivity index (χ4v) is 3.79. The van der Waals surface area contributed by atoms with E-state index in [-0.39, 0.29) is 29.6 Å². The molecule has 0 spiro atoms. The Morgan fingerprint density at radius 2 is 1.92 bits per heavy atom. The molecule has 1 fully saturated rings. The van der Waals surface area contributed by atoms with Gasteiger partial charge in [0.2, 0.25) is 11.8 Å². The van der Waals surface area contributed by atoms with Crippen molar-refractivity contribution in [2.24, 2.45) is 11.8 Å². The van der Waals surface area contributed by atoms with Crippen LogP contribution in [0.2, 0.25) is 0 Å². The van der Waals surface area contributed by atoms with Crippen molar-refractivity contribution < 1.29 is 32.9 Å². The average Bonchev–Trinajstić information content (AvgIpc) is 3.33. The maximum Gasteiger partial charge on any atom is 0.308 e. The van der Waals surface area contributed by atoms with Crippen molar-refractivity contribution in [3.8, 4) is 17.2 Å². The monoisotopic (exact) mass is 525 g/mol. The van der Waals surface area contributed by atoms with E-state index < -0.39 is 54.0 Å². The van der Waals surface area contributed by atoms with Crippen LogP contribution in [0.3, 0.4) is 0 Å². The number of rotatable bonds is 8. The predicted octanol–water partition coefficient (Wildman–Crippen LogP) is 2.77. The molecule has 0 amide bonds. The maximum atomic E-state index is 16.9. The van der Waals surface area contributed by atoms with Crippen molar-refractivity contribution in [1.29, 1.82) is 0 Å². The van der Waals surface area contributed by atoms with E-state index in [0.717, 1.165) is 0 Å². The second kappa shape index (κ2) is 10.8. The molecule has 2 aromatic rings. The Bertz CT molecular complexity index is 1190. The molecule has 0 saturated carbocycles. The third-order valence-electron chi connectivity index (χ3n) is 5.49. The number of aromatic nitrogens is 4. The van der Waals surface area contributed by atoms with Gasteiger partial charge >= 0.3 is 11.9 Å². The van der Waals surface area contributed by atoms with Crippen molar-refractivity contribution in [3.63, 3.8) is 0 Å². The Labute approximate surface area is 212 Å². The number of hydrogen-bond acceptors (Lipinski definition) is 10. The first-order valence-corrected chi connectivity index (χ1v) is 11.8. The standard InChI is InChI=1S/C23H29ClFN5O6/c1-7-33-18-14-17(28-22(26)29-18)30(10-27-14)21-23(25,8-9-24)16(36-20(32)12(4)5)15(35-21)13(6)34-19(31)11(2)3/h10-13,15-16,21H,7H2,1-6H3,(H2,26,28,29)/t13?,15-,16-,21-,23-/m1/s1. The molecule has 5 atom stereocenters. The zero-order valence-corrected chi connectivity index (χ0v) is 21.6. The van der Waals surface area contributed by atoms with Gasteiger partial charge in [0.05, 0.1) is 24.8 Å². The summed E-state index contributed by atoms with van der Waals surface area (Å²) in [6, 6.07) is 0. The topological polar surface area (TPSA) is 141 Å². The van der Waals surface area contributed by atoms with Gasteiger partial charge in [0, 0.05) is 5.38 Å². The lowest BCUT2D eigenvalue weighted by atomic mass is 9.94. The highest BCUT2D eigenvalue weighted by Gasteiger charge is 2.63. The second-order valence-electron chi connectivity index (χ2n) is 8.89. The van der Waals surface area contributed by atoms with Crippen molar-refractivity contribution in [2.75, 3.05) is 12.3 Å². The number of ether oxygens (including phenoxy) is 4. The van der Waals surface area contributed by atoms with Crippen molar-refractivity contribution in [1.82, 2.24) is 19.5 Å². The molecule has 1 aliphatic heterocycles. The fraction of sp³-hybridized carbons (Fsp3) is 0.609. The van der Waals surface area contributed by atoms with E-state index in [0.29, 0.717) is 0 Å². The normalized spacial score (nSPS) is 24.4. The molecule has 13 heteroatoms. The van der Waals surface area contributed by atoms with Gasteiger partial charge in [-0.3, -0.25) is 14.2 Å². The summed E-state index contributed by atoms with van der Waals surface area (Å²) in [4.78, 5) is 37.3. The highest BCUT2D eigenvalue weighted by atomic mass is 35.5. The van der Waals surface area contributed by atoms with Gasteiger partial charge in [0.25, 0.3) is 5.67 Å². The number of alkyl halides is 1. The Kier molecular flexibility index (Phi) is 8.26. The first kappa shape index (κ1) is 27.4. The minimum absolute atomic E-state index is 0.0933. The van der Waals surface area contributed by atoms with Gasteiger partial charge < -0.3 is 24.7 Å². The van der Waals surface area contributed by atoms with E-state index in [4.69, 9.17) is 36.3 Å². The van der Waals surface area contributed by atoms with E-state index >= 15 is 4.39 Å². The van der Waals surface area contributed by atoms with Crippen LogP contribution in [0.4, 0.5) is 10.3 Å². The number of carbonyl (C=O) groups is 2. The van der Waals surface area contributed by atoms with Crippen LogP contribution in [0, 0.1) is 23.1 Å². The number of nitrogens with two attached hydrogens (primary N) is 1. The van der Waals surface area contributed by atoms with Crippen LogP contribution >= 0.6 is 11.6 Å². The Balaban J connectivity index is 2.15. The number of imidazole rings is 1. The van der Waals surface area contributed by atoms with E-state index in [1.54, 1.807) is 34.6 Å². The molecule has 1 aliphatic rings. The second-order valence-corrected chi connectivity index (χ2v) is 9.08. The molecular formula is C23H29ClFN5O6. The molecule has 11 nitrogen and oxygen atoms in total. The molecule has 0 bridgehead atoms. The van der Waals surface area contributed by atoms with Gasteiger partial charge in [-0.05, 0) is 31.4 Å². The summed E-state index contributed by atoms with van der Waals surface area (Å²) in [6.45, 7) is 10.0. The van der Waals surface area contributed by atoms with Gasteiger partial charge in [-0.2, -0.15) is 9.97 Å². The lowest BCUT2D eigenvalue weighted by Crippen LogP contribution is -2.48. The Hall–Kier alpha value is -3.17. The van der Waals surface area contributed by atoms with Gasteiger partial charge in [0.15, 0.2) is 23.5 Å². The molecule has 3 rings (SSSR count). The summed E-state index contributed by atoms with van der Waals surface area (Å²) in [7, 11) is 0. The summed E-state index contributed by atoms with van der Waals surface area (Å²) in [5, 5.41) is 2.04. The number of nitrogens with zero attached hydrogens (tertiary/aromatic N) is 4. The number of carbonyl (C=O) groups excluding carboxylic acids is 2. The average molecular weight is 526 g/mol. The summed E-state index contributed by atoms with van der Waals surface area (Å²) in [6.07, 6.45) is -4.18. The molecule has 2 aromatic heterocycles. The number of hydrogen-bond donors (Lipinski definition) is 1. The fourth-order valence-electron chi connectivity index (χ4n) is 3.64. The van der Waals surface area contributed by atoms with Crippen molar-refractivity contribution in [2.45, 2.75) is 71.8 Å². The first-order valence-electron chi connectivity index (χ1n) is 11.5. The molecule has 3 heterocycles. The maximum absolute atomic E-state index is 16.9. The van der Waals surface area contributed by atoms with Gasteiger partial charge in [-0.25, -0.2) is 9.37 Å². The third kappa shape index (κ3) is 5.17. The quantitative estimate of drug-likeness (QED) is 0.404. The highest BCUT2D eigenvalue weighted by molar-refractivity contribution is 6.30. The zero-order chi connectivity index (χ0) is 26.8. The number of halogens is 2. The summed E-state index contributed by atoms with van der Waals surface area (Å²) < 4.78 is 40.6. The smallest absolute Gasteiger partial charge is 0.308 e. The zero-order valence-electron chi connectivity index (χ0n) is 20.8. The number of esters is 2. The van der Waals surface area contributed by atoms with Crippen LogP contribution < -0.4 is 10.5 Å². The summed E-state index contributed by atoms with van der Waals surface area (Å²) in [5.74, 6) is -0.0227. The van der Waals surface area contributed by atoms with Gasteiger partial charge in [-0.15, -0.1) is 0 Å². The molecule has 0 radical (unpaired) electrons. The predicted molar refractivity (Wildman–Crippen MR) is 127 cm³/mol. The van der Waals surface area contributed by atoms with E-state index in [1.807, 2.05) is 5.38 Å². The molecule has 0 aliphatic carbocycles. The van der Waals surface area contributed by atoms with E-state index in [2.05, 4.69) is 20.9 Å². The minimum Gasteiger partial charge on any atom is -0.476 e. The molecule has 196 valence electrons. The molecule has 2 N–H and O–H groups in total. The lowest BCUT2D eigenvalue weighted by molar-refractivity contribution is -0.171. The lowest BCUT2D eigenvalue weighted by Gasteiger charge is -2.29. The third-order valence-corrected chi connectivity index (χ3v) is 5.58. The van der Waals surface area contributed by atoms with Crippen LogP contribution in [-0.2, 0) is 23.8 Å². The molecular weight excluding hydrogens is 497 g/mol. The highest BCUT2D eigenvalue weighted by Crippen LogP contribution is 2.46. The molecule has 0 aromatic carbocycles. The Morgan fingerprint density at radius 1 is 1.25 bits per heavy atom. The number of anilines is 1. The van der Waals surface area contributed by atoms with Gasteiger partial charge in [-0.1, -0.05) is 27.7 Å². The van der Waals surface area contributed by atoms with E-state index in [1.165, 1.54) is 17.8 Å². The minimum atomic E-state index is -2.69. The summed E-state index contributed by atoms with van der Waals surface area (Å²) in [5.41, 5.74) is 3.45. The van der Waals surface area contributed by atoms with Crippen molar-refractivity contribution >= 4 is 40.7 Å². The number of nitrogen functional groups attached to an aromatic ring is 1. The number of fused-ring (bicyclic) bond motifs is 1. The summed E-state index contributed by atoms with van der Waals surface area (Å²) >= 11 is 5.65. The van der Waals surface area contributed by atoms with Gasteiger partial charge in [0.1, 0.15) is 12.2 Å². The van der Waals surface area contributed by atoms with Crippen LogP contribution in [0.5, 0.6) is 5.88 Å². The first-order chi connectivity index (χ1) is 16.9.